The van der Waals surface area contributed by atoms with Crippen molar-refractivity contribution in [3.63, 3.8) is 0 Å². The van der Waals surface area contributed by atoms with E-state index in [1.54, 1.807) is 0 Å². The Kier molecular flexibility index (Phi) is 5.91. The first-order valence-corrected chi connectivity index (χ1v) is 9.30. The molecule has 9 heteroatoms. The van der Waals surface area contributed by atoms with Gasteiger partial charge in [-0.2, -0.15) is 0 Å². The Bertz CT molecular complexity index is 674. The molecule has 1 amide bonds. The van der Waals surface area contributed by atoms with Crippen LogP contribution in [0.4, 0.5) is 0 Å². The maximum Gasteiger partial charge on any atom is 0.251 e. The molecule has 1 saturated heterocycles. The van der Waals surface area contributed by atoms with Crippen molar-refractivity contribution >= 4 is 39.1 Å². The minimum Gasteiger partial charge on any atom is -0.379 e. The van der Waals surface area contributed by atoms with Gasteiger partial charge in [0.2, 0.25) is 10.0 Å². The molecule has 1 N–H and O–H groups in total. The average Bonchev–Trinajstić information content (AvgIpc) is 2.84. The van der Waals surface area contributed by atoms with E-state index in [0.717, 1.165) is 0 Å². The van der Waals surface area contributed by atoms with Crippen LogP contribution in [0.1, 0.15) is 10.4 Å². The van der Waals surface area contributed by atoms with Gasteiger partial charge < -0.3 is 10.1 Å². The van der Waals surface area contributed by atoms with Crippen molar-refractivity contribution in [3.8, 4) is 0 Å². The van der Waals surface area contributed by atoms with Gasteiger partial charge in [0.1, 0.15) is 0 Å². The molecule has 2 atom stereocenters. The summed E-state index contributed by atoms with van der Waals surface area (Å²) in [7, 11) is -0.411. The lowest BCUT2D eigenvalue weighted by atomic mass is 10.1. The highest BCUT2D eigenvalue weighted by atomic mass is 35.5. The van der Waals surface area contributed by atoms with Crippen LogP contribution >= 0.6 is 23.2 Å². The fourth-order valence-corrected chi connectivity index (χ4v) is 3.97. The van der Waals surface area contributed by atoms with E-state index in [9.17, 15) is 13.2 Å². The van der Waals surface area contributed by atoms with Gasteiger partial charge in [-0.25, -0.2) is 12.7 Å². The number of carbonyl (C=O) groups excluding carboxylic acids is 1. The predicted molar refractivity (Wildman–Crippen MR) is 89.5 cm³/mol. The highest BCUT2D eigenvalue weighted by Gasteiger charge is 2.34. The minimum absolute atomic E-state index is 0.0821. The molecule has 0 radical (unpaired) electrons. The van der Waals surface area contributed by atoms with E-state index >= 15 is 0 Å². The Hall–Kier alpha value is -0.860. The van der Waals surface area contributed by atoms with Crippen LogP contribution in [0.15, 0.2) is 18.2 Å². The second-order valence-corrected chi connectivity index (χ2v) is 8.70. The summed E-state index contributed by atoms with van der Waals surface area (Å²) in [6.07, 6.45) is 0. The van der Waals surface area contributed by atoms with Crippen LogP contribution in [0.25, 0.3) is 0 Å². The molecular formula is C14H18Cl2N2O4S. The Balaban J connectivity index is 2.07. The summed E-state index contributed by atoms with van der Waals surface area (Å²) in [4.78, 5) is 12.3. The van der Waals surface area contributed by atoms with Crippen molar-refractivity contribution in [2.45, 2.75) is 6.04 Å². The van der Waals surface area contributed by atoms with Crippen molar-refractivity contribution in [2.75, 3.05) is 33.1 Å². The quantitative estimate of drug-likeness (QED) is 0.841. The van der Waals surface area contributed by atoms with E-state index in [4.69, 9.17) is 27.9 Å². The lowest BCUT2D eigenvalue weighted by Gasteiger charge is -2.21. The van der Waals surface area contributed by atoms with Gasteiger partial charge in [-0.1, -0.05) is 23.2 Å². The van der Waals surface area contributed by atoms with Gasteiger partial charge in [0, 0.05) is 35.6 Å². The number of hydrogen-bond acceptors (Lipinski definition) is 4. The molecule has 0 bridgehead atoms. The summed E-state index contributed by atoms with van der Waals surface area (Å²) in [6, 6.07) is 4.16. The maximum atomic E-state index is 12.3. The molecule has 1 aliphatic heterocycles. The largest absolute Gasteiger partial charge is 0.379 e. The first-order chi connectivity index (χ1) is 10.7. The van der Waals surface area contributed by atoms with Crippen molar-refractivity contribution in [3.05, 3.63) is 33.8 Å². The summed E-state index contributed by atoms with van der Waals surface area (Å²) in [6.45, 7) is 0.558. The van der Waals surface area contributed by atoms with Crippen LogP contribution in [-0.4, -0.2) is 57.7 Å². The number of carbonyl (C=O) groups is 1. The van der Waals surface area contributed by atoms with Gasteiger partial charge in [-0.05, 0) is 18.2 Å². The number of hydrogen-bond donors (Lipinski definition) is 1. The number of nitrogens with one attached hydrogen (secondary N) is 1. The summed E-state index contributed by atoms with van der Waals surface area (Å²) in [5, 5.41) is 3.51. The van der Waals surface area contributed by atoms with Crippen LogP contribution in [0.2, 0.25) is 10.0 Å². The van der Waals surface area contributed by atoms with Crippen LogP contribution in [0.5, 0.6) is 0 Å². The zero-order valence-electron chi connectivity index (χ0n) is 12.8. The molecule has 1 heterocycles. The molecule has 0 saturated carbocycles. The molecule has 1 aromatic carbocycles. The van der Waals surface area contributed by atoms with Gasteiger partial charge in [0.05, 0.1) is 25.0 Å². The summed E-state index contributed by atoms with van der Waals surface area (Å²) < 4.78 is 30.5. The Morgan fingerprint density at radius 1 is 1.26 bits per heavy atom. The molecule has 2 rings (SSSR count). The highest BCUT2D eigenvalue weighted by molar-refractivity contribution is 7.89. The van der Waals surface area contributed by atoms with Crippen LogP contribution in [-0.2, 0) is 14.8 Å². The van der Waals surface area contributed by atoms with E-state index in [1.807, 2.05) is 0 Å². The normalized spacial score (nSPS) is 21.6. The Morgan fingerprint density at radius 3 is 2.43 bits per heavy atom. The molecular weight excluding hydrogens is 363 g/mol. The third-order valence-corrected chi connectivity index (χ3v) is 6.02. The summed E-state index contributed by atoms with van der Waals surface area (Å²) >= 11 is 11.8. The molecule has 0 unspecified atom stereocenters. The van der Waals surface area contributed by atoms with Crippen molar-refractivity contribution in [2.24, 2.45) is 5.92 Å². The number of amides is 1. The number of rotatable bonds is 5. The number of benzene rings is 1. The molecule has 1 fully saturated rings. The van der Waals surface area contributed by atoms with Gasteiger partial charge >= 0.3 is 0 Å². The fraction of sp³-hybridized carbons (Fsp3) is 0.500. The lowest BCUT2D eigenvalue weighted by molar-refractivity contribution is 0.0926. The minimum atomic E-state index is -3.37. The SMILES string of the molecule is CN(C)S(=O)(=O)C[C@@H]1COC[C@@H]1NC(=O)c1cc(Cl)cc(Cl)c1. The average molecular weight is 381 g/mol. The van der Waals surface area contributed by atoms with Gasteiger partial charge in [-0.15, -0.1) is 0 Å². The number of ether oxygens (including phenoxy) is 1. The summed E-state index contributed by atoms with van der Waals surface area (Å²) in [5.74, 6) is -0.750. The van der Waals surface area contributed by atoms with Crippen LogP contribution < -0.4 is 5.32 Å². The first kappa shape index (κ1) is 18.5. The molecule has 0 aromatic heterocycles. The number of halogens is 2. The first-order valence-electron chi connectivity index (χ1n) is 6.94. The summed E-state index contributed by atoms with van der Waals surface area (Å²) in [5.41, 5.74) is 0.323. The maximum absolute atomic E-state index is 12.3. The van der Waals surface area contributed by atoms with Gasteiger partial charge in [0.15, 0.2) is 0 Å². The molecule has 6 nitrogen and oxygen atoms in total. The van der Waals surface area contributed by atoms with E-state index in [-0.39, 0.29) is 36.8 Å². The van der Waals surface area contributed by atoms with E-state index in [0.29, 0.717) is 15.6 Å². The van der Waals surface area contributed by atoms with Gasteiger partial charge in [-0.3, -0.25) is 4.79 Å². The molecule has 0 aliphatic carbocycles. The third kappa shape index (κ3) is 4.81. The standard InChI is InChI=1S/C14H18Cl2N2O4S/c1-18(2)23(20,21)8-10-6-22-7-13(10)17-14(19)9-3-11(15)5-12(16)4-9/h3-5,10,13H,6-8H2,1-2H3,(H,17,19)/t10-,13-/m0/s1. The highest BCUT2D eigenvalue weighted by Crippen LogP contribution is 2.21. The Labute approximate surface area is 145 Å². The van der Waals surface area contributed by atoms with Crippen molar-refractivity contribution in [1.82, 2.24) is 9.62 Å². The predicted octanol–water partition coefficient (Wildman–Crippen LogP) is 1.63. The van der Waals surface area contributed by atoms with Crippen LogP contribution in [0.3, 0.4) is 0 Å². The van der Waals surface area contributed by atoms with Crippen molar-refractivity contribution < 1.29 is 17.9 Å². The zero-order chi connectivity index (χ0) is 17.2. The van der Waals surface area contributed by atoms with E-state index in [2.05, 4.69) is 5.32 Å². The van der Waals surface area contributed by atoms with E-state index in [1.165, 1.54) is 36.6 Å². The van der Waals surface area contributed by atoms with Gasteiger partial charge in [0.25, 0.3) is 5.91 Å². The molecule has 128 valence electrons. The lowest BCUT2D eigenvalue weighted by Crippen LogP contribution is -2.43. The number of sulfonamides is 1. The molecule has 1 aromatic rings. The topological polar surface area (TPSA) is 75.7 Å². The molecule has 1 aliphatic rings. The molecule has 23 heavy (non-hydrogen) atoms. The van der Waals surface area contributed by atoms with E-state index < -0.39 is 10.0 Å². The van der Waals surface area contributed by atoms with Crippen molar-refractivity contribution in [1.29, 1.82) is 0 Å². The Morgan fingerprint density at radius 2 is 1.87 bits per heavy atom. The smallest absolute Gasteiger partial charge is 0.251 e. The molecule has 0 spiro atoms. The second-order valence-electron chi connectivity index (χ2n) is 5.60. The second kappa shape index (κ2) is 7.36. The zero-order valence-corrected chi connectivity index (χ0v) is 15.1. The third-order valence-electron chi connectivity index (χ3n) is 3.62. The van der Waals surface area contributed by atoms with Crippen LogP contribution in [0, 0.1) is 5.92 Å². The monoisotopic (exact) mass is 380 g/mol. The fourth-order valence-electron chi connectivity index (χ4n) is 2.28. The number of nitrogens with zero attached hydrogens (tertiary/aromatic N) is 1.